The standard InChI is InChI=1S/C16H15FN4O4/c1-3-16(7-22)12(24-8(2)23)5-11(25-16)9-4-10-13(19-6-9)14(18)21-15(17)20-10/h1,4,6,11-12,22H,5,7H2,2H3,(H2,18,20,21)/t11-,12?,16-/m1/s1. The van der Waals surface area contributed by atoms with E-state index in [1.807, 2.05) is 0 Å². The number of ether oxygens (including phenoxy) is 2. The quantitative estimate of drug-likeness (QED) is 0.468. The Bertz CT molecular complexity index is 884. The van der Waals surface area contributed by atoms with Crippen LogP contribution in [0.2, 0.25) is 0 Å². The smallest absolute Gasteiger partial charge is 0.311 e. The number of halogens is 1. The van der Waals surface area contributed by atoms with Crippen molar-refractivity contribution in [2.45, 2.75) is 31.2 Å². The molecule has 3 rings (SSSR count). The Kier molecular flexibility index (Phi) is 4.24. The summed E-state index contributed by atoms with van der Waals surface area (Å²) in [5.41, 5.74) is 5.16. The molecule has 1 aliphatic heterocycles. The molecule has 9 heteroatoms. The van der Waals surface area contributed by atoms with Gasteiger partial charge in [-0.15, -0.1) is 6.42 Å². The number of esters is 1. The van der Waals surface area contributed by atoms with E-state index in [1.165, 1.54) is 13.1 Å². The summed E-state index contributed by atoms with van der Waals surface area (Å²) in [5, 5.41) is 9.65. The molecule has 8 nitrogen and oxygen atoms in total. The number of pyridine rings is 1. The van der Waals surface area contributed by atoms with E-state index in [-0.39, 0.29) is 23.3 Å². The van der Waals surface area contributed by atoms with Crippen LogP contribution in [0.1, 0.15) is 25.0 Å². The van der Waals surface area contributed by atoms with Crippen molar-refractivity contribution in [2.75, 3.05) is 12.3 Å². The molecule has 0 spiro atoms. The molecule has 0 amide bonds. The molecule has 25 heavy (non-hydrogen) atoms. The Hall–Kier alpha value is -2.83. The highest BCUT2D eigenvalue weighted by Gasteiger charge is 2.50. The summed E-state index contributed by atoms with van der Waals surface area (Å²) in [6.07, 6.45) is 4.75. The molecule has 2 aromatic heterocycles. The Morgan fingerprint density at radius 3 is 3.04 bits per heavy atom. The van der Waals surface area contributed by atoms with Crippen LogP contribution in [0.3, 0.4) is 0 Å². The van der Waals surface area contributed by atoms with Gasteiger partial charge in [0, 0.05) is 25.1 Å². The second-order valence-electron chi connectivity index (χ2n) is 5.65. The van der Waals surface area contributed by atoms with Gasteiger partial charge in [0.25, 0.3) is 0 Å². The number of aliphatic hydroxyl groups is 1. The summed E-state index contributed by atoms with van der Waals surface area (Å²) in [6.45, 7) is 0.717. The lowest BCUT2D eigenvalue weighted by Gasteiger charge is -2.26. The molecular formula is C16H15FN4O4. The van der Waals surface area contributed by atoms with E-state index in [0.717, 1.165) is 0 Å². The fraction of sp³-hybridized carbons (Fsp3) is 0.375. The Morgan fingerprint density at radius 2 is 2.40 bits per heavy atom. The highest BCUT2D eigenvalue weighted by Crippen LogP contribution is 2.41. The van der Waals surface area contributed by atoms with Gasteiger partial charge in [-0.05, 0) is 6.07 Å². The third-order valence-corrected chi connectivity index (χ3v) is 4.02. The molecule has 0 radical (unpaired) electrons. The molecule has 1 aliphatic rings. The first-order valence-corrected chi connectivity index (χ1v) is 7.41. The third kappa shape index (κ3) is 2.97. The number of carbonyl (C=O) groups is 1. The molecule has 0 aromatic carbocycles. The van der Waals surface area contributed by atoms with Gasteiger partial charge < -0.3 is 20.3 Å². The van der Waals surface area contributed by atoms with Crippen LogP contribution in [0.15, 0.2) is 12.3 Å². The Balaban J connectivity index is 1.98. The van der Waals surface area contributed by atoms with E-state index < -0.39 is 36.5 Å². The van der Waals surface area contributed by atoms with Crippen molar-refractivity contribution in [3.8, 4) is 12.3 Å². The predicted octanol–water partition coefficient (Wildman–Crippen LogP) is 0.504. The fourth-order valence-corrected chi connectivity index (χ4v) is 2.83. The number of terminal acetylenes is 1. The minimum atomic E-state index is -1.46. The van der Waals surface area contributed by atoms with Gasteiger partial charge >= 0.3 is 12.0 Å². The second-order valence-corrected chi connectivity index (χ2v) is 5.65. The average Bonchev–Trinajstić information content (AvgIpc) is 2.92. The molecule has 0 bridgehead atoms. The van der Waals surface area contributed by atoms with Crippen molar-refractivity contribution in [3.05, 3.63) is 23.9 Å². The van der Waals surface area contributed by atoms with Crippen LogP contribution in [0, 0.1) is 18.4 Å². The minimum Gasteiger partial charge on any atom is -0.458 e. The van der Waals surface area contributed by atoms with Gasteiger partial charge in [-0.1, -0.05) is 5.92 Å². The Morgan fingerprint density at radius 1 is 1.64 bits per heavy atom. The summed E-state index contributed by atoms with van der Waals surface area (Å²) in [7, 11) is 0. The number of nitrogen functional groups attached to an aromatic ring is 1. The first kappa shape index (κ1) is 17.0. The van der Waals surface area contributed by atoms with Crippen molar-refractivity contribution < 1.29 is 23.8 Å². The third-order valence-electron chi connectivity index (χ3n) is 4.02. The van der Waals surface area contributed by atoms with Crippen molar-refractivity contribution in [1.29, 1.82) is 0 Å². The minimum absolute atomic E-state index is 0.0764. The van der Waals surface area contributed by atoms with Crippen LogP contribution >= 0.6 is 0 Å². The number of fused-ring (bicyclic) bond motifs is 1. The molecule has 3 N–H and O–H groups in total. The number of hydrogen-bond donors (Lipinski definition) is 2. The number of hydrogen-bond acceptors (Lipinski definition) is 8. The zero-order valence-corrected chi connectivity index (χ0v) is 13.3. The van der Waals surface area contributed by atoms with Gasteiger partial charge in [-0.2, -0.15) is 9.37 Å². The van der Waals surface area contributed by atoms with Crippen LogP contribution in [0.5, 0.6) is 0 Å². The van der Waals surface area contributed by atoms with E-state index in [9.17, 15) is 14.3 Å². The number of rotatable bonds is 3. The van der Waals surface area contributed by atoms with E-state index in [2.05, 4.69) is 20.9 Å². The molecule has 130 valence electrons. The van der Waals surface area contributed by atoms with Gasteiger partial charge in [0.15, 0.2) is 11.4 Å². The van der Waals surface area contributed by atoms with Gasteiger partial charge in [0.05, 0.1) is 18.2 Å². The van der Waals surface area contributed by atoms with Gasteiger partial charge in [0.2, 0.25) is 0 Å². The normalized spacial score (nSPS) is 25.7. The van der Waals surface area contributed by atoms with Gasteiger partial charge in [-0.25, -0.2) is 4.98 Å². The van der Waals surface area contributed by atoms with Crippen LogP contribution in [0.25, 0.3) is 11.0 Å². The summed E-state index contributed by atoms with van der Waals surface area (Å²) in [6, 6.07) is 1.54. The van der Waals surface area contributed by atoms with Crippen LogP contribution < -0.4 is 5.73 Å². The Labute approximate surface area is 142 Å². The highest BCUT2D eigenvalue weighted by atomic mass is 19.1. The van der Waals surface area contributed by atoms with Crippen molar-refractivity contribution in [1.82, 2.24) is 15.0 Å². The first-order valence-electron chi connectivity index (χ1n) is 7.41. The molecule has 2 aromatic rings. The van der Waals surface area contributed by atoms with Gasteiger partial charge in [-0.3, -0.25) is 9.78 Å². The maximum Gasteiger partial charge on any atom is 0.311 e. The lowest BCUT2D eigenvalue weighted by Crippen LogP contribution is -2.43. The first-order chi connectivity index (χ1) is 11.9. The number of nitrogens with zero attached hydrogens (tertiary/aromatic N) is 3. The van der Waals surface area contributed by atoms with Gasteiger partial charge in [0.1, 0.15) is 11.6 Å². The number of anilines is 1. The van der Waals surface area contributed by atoms with Crippen LogP contribution in [0.4, 0.5) is 10.2 Å². The summed E-state index contributed by atoms with van der Waals surface area (Å²) in [4.78, 5) is 22.5. The predicted molar refractivity (Wildman–Crippen MR) is 84.4 cm³/mol. The van der Waals surface area contributed by atoms with E-state index in [0.29, 0.717) is 5.56 Å². The molecule has 1 fully saturated rings. The fourth-order valence-electron chi connectivity index (χ4n) is 2.83. The van der Waals surface area contributed by atoms with Crippen molar-refractivity contribution >= 4 is 22.8 Å². The number of aromatic nitrogens is 3. The number of nitrogens with two attached hydrogens (primary N) is 1. The maximum absolute atomic E-state index is 13.4. The summed E-state index contributed by atoms with van der Waals surface area (Å²) in [5.74, 6) is 1.75. The van der Waals surface area contributed by atoms with Crippen molar-refractivity contribution in [3.63, 3.8) is 0 Å². The number of carbonyl (C=O) groups excluding carboxylic acids is 1. The zero-order chi connectivity index (χ0) is 18.2. The van der Waals surface area contributed by atoms with E-state index in [4.69, 9.17) is 21.6 Å². The lowest BCUT2D eigenvalue weighted by atomic mass is 9.97. The van der Waals surface area contributed by atoms with Crippen molar-refractivity contribution in [2.24, 2.45) is 0 Å². The SMILES string of the molecule is C#C[C@]1(CO)O[C@@H](c2cnc3c(N)nc(F)nc3c2)CC1OC(C)=O. The second kappa shape index (κ2) is 6.23. The lowest BCUT2D eigenvalue weighted by molar-refractivity contribution is -0.155. The molecule has 1 unspecified atom stereocenters. The highest BCUT2D eigenvalue weighted by molar-refractivity contribution is 5.83. The maximum atomic E-state index is 13.4. The molecule has 0 saturated carbocycles. The molecular weight excluding hydrogens is 331 g/mol. The van der Waals surface area contributed by atoms with Crippen LogP contribution in [-0.2, 0) is 14.3 Å². The zero-order valence-electron chi connectivity index (χ0n) is 13.3. The largest absolute Gasteiger partial charge is 0.458 e. The summed E-state index contributed by atoms with van der Waals surface area (Å²) < 4.78 is 24.3. The molecule has 3 atom stereocenters. The molecule has 1 saturated heterocycles. The average molecular weight is 346 g/mol. The summed E-state index contributed by atoms with van der Waals surface area (Å²) >= 11 is 0. The van der Waals surface area contributed by atoms with E-state index in [1.54, 1.807) is 6.07 Å². The molecule has 3 heterocycles. The number of aliphatic hydroxyl groups excluding tert-OH is 1. The monoisotopic (exact) mass is 346 g/mol. The topological polar surface area (TPSA) is 120 Å². The van der Waals surface area contributed by atoms with Crippen LogP contribution in [-0.4, -0.2) is 44.3 Å². The molecule has 0 aliphatic carbocycles. The van der Waals surface area contributed by atoms with E-state index >= 15 is 0 Å².